The Hall–Kier alpha value is -2.01. The maximum atomic E-state index is 10.6. The molecular formula is C28H29ClO5Pt. The topological polar surface area (TPSA) is 76.0 Å². The molecule has 3 aromatic rings. The average Bonchev–Trinajstić information content (AvgIpc) is 3.29. The summed E-state index contributed by atoms with van der Waals surface area (Å²) >= 11 is 5.89. The summed E-state index contributed by atoms with van der Waals surface area (Å²) in [6.07, 6.45) is 0.986. The van der Waals surface area contributed by atoms with E-state index in [4.69, 9.17) is 26.2 Å². The van der Waals surface area contributed by atoms with Gasteiger partial charge < -0.3 is 19.7 Å². The van der Waals surface area contributed by atoms with Gasteiger partial charge in [-0.15, -0.1) is 0 Å². The van der Waals surface area contributed by atoms with Gasteiger partial charge in [-0.05, 0) is 73.6 Å². The molecule has 1 aliphatic carbocycles. The number of hydrogen-bond acceptors (Lipinski definition) is 4. The van der Waals surface area contributed by atoms with Crippen molar-refractivity contribution in [3.05, 3.63) is 95.0 Å². The third kappa shape index (κ3) is 7.03. The molecule has 188 valence electrons. The molecule has 5 nitrogen and oxygen atoms in total. The number of rotatable bonds is 4. The zero-order chi connectivity index (χ0) is 24.3. The van der Waals surface area contributed by atoms with Crippen molar-refractivity contribution < 1.29 is 45.5 Å². The number of carboxylic acid groups (broad SMARTS) is 1. The quantitative estimate of drug-likeness (QED) is 0.364. The molecule has 0 aromatic heterocycles. The van der Waals surface area contributed by atoms with E-state index < -0.39 is 17.9 Å². The average molecular weight is 676 g/mol. The van der Waals surface area contributed by atoms with E-state index in [0.717, 1.165) is 29.0 Å². The number of carbonyl (C=O) groups is 1. The largest absolute Gasteiger partial charge is 0.478 e. The standard InChI is InChI=1S/C15H19ClO3.C13H10O2.Pt/c1-15(2)18-13-10(8-12(17)14(13)19-15)7-9-3-5-11(16)6-4-9;14-13(15)12-8-6-11(7-9-12)10-4-2-1-3-5-10;/h3-6,10,12-14,17H,7-8H2,1-2H3;1-9H,(H,14,15);. The summed E-state index contributed by atoms with van der Waals surface area (Å²) < 4.78 is 11.7. The minimum Gasteiger partial charge on any atom is -0.478 e. The monoisotopic (exact) mass is 675 g/mol. The molecule has 2 N–H and O–H groups in total. The second-order valence-corrected chi connectivity index (χ2v) is 9.64. The Kier molecular flexibility index (Phi) is 9.31. The molecule has 2 aliphatic rings. The normalized spacial score (nSPS) is 24.0. The van der Waals surface area contributed by atoms with Gasteiger partial charge in [-0.3, -0.25) is 0 Å². The van der Waals surface area contributed by atoms with Crippen molar-refractivity contribution in [1.29, 1.82) is 0 Å². The van der Waals surface area contributed by atoms with Crippen LogP contribution in [0.3, 0.4) is 0 Å². The number of fused-ring (bicyclic) bond motifs is 1. The zero-order valence-corrected chi connectivity index (χ0v) is 22.6. The molecule has 7 heteroatoms. The van der Waals surface area contributed by atoms with Crippen LogP contribution < -0.4 is 0 Å². The number of aliphatic hydroxyl groups is 1. The van der Waals surface area contributed by atoms with E-state index in [0.29, 0.717) is 11.5 Å². The summed E-state index contributed by atoms with van der Waals surface area (Å²) in [7, 11) is 0. The van der Waals surface area contributed by atoms with Crippen LogP contribution in [-0.2, 0) is 37.0 Å². The fourth-order valence-corrected chi connectivity index (χ4v) is 4.74. The molecule has 2 fully saturated rings. The van der Waals surface area contributed by atoms with E-state index in [1.165, 1.54) is 5.56 Å². The van der Waals surface area contributed by atoms with Crippen LogP contribution in [0.2, 0.25) is 5.02 Å². The minimum absolute atomic E-state index is 0. The van der Waals surface area contributed by atoms with E-state index in [9.17, 15) is 9.90 Å². The van der Waals surface area contributed by atoms with Gasteiger partial charge in [0.15, 0.2) is 5.79 Å². The van der Waals surface area contributed by atoms with Crippen molar-refractivity contribution in [3.63, 3.8) is 0 Å². The summed E-state index contributed by atoms with van der Waals surface area (Å²) in [4.78, 5) is 10.6. The van der Waals surface area contributed by atoms with E-state index >= 15 is 0 Å². The van der Waals surface area contributed by atoms with Crippen molar-refractivity contribution in [2.45, 2.75) is 50.8 Å². The van der Waals surface area contributed by atoms with Gasteiger partial charge in [-0.25, -0.2) is 4.79 Å². The van der Waals surface area contributed by atoms with Crippen molar-refractivity contribution in [1.82, 2.24) is 0 Å². The Morgan fingerprint density at radius 1 is 0.914 bits per heavy atom. The van der Waals surface area contributed by atoms with Crippen LogP contribution in [0.5, 0.6) is 0 Å². The zero-order valence-electron chi connectivity index (χ0n) is 19.5. The Balaban J connectivity index is 0.000000195. The number of aromatic carboxylic acids is 1. The van der Waals surface area contributed by atoms with E-state index in [2.05, 4.69) is 0 Å². The summed E-state index contributed by atoms with van der Waals surface area (Å²) in [6, 6.07) is 24.6. The molecule has 0 amide bonds. The predicted molar refractivity (Wildman–Crippen MR) is 132 cm³/mol. The molecule has 5 rings (SSSR count). The minimum atomic E-state index is -0.894. The summed E-state index contributed by atoms with van der Waals surface area (Å²) in [6.45, 7) is 3.80. The Labute approximate surface area is 225 Å². The third-order valence-corrected chi connectivity index (χ3v) is 6.45. The van der Waals surface area contributed by atoms with Gasteiger partial charge in [0.1, 0.15) is 6.10 Å². The predicted octanol–water partition coefficient (Wildman–Crippen LogP) is 5.83. The first-order valence-corrected chi connectivity index (χ1v) is 11.8. The molecule has 35 heavy (non-hydrogen) atoms. The van der Waals surface area contributed by atoms with Crippen LogP contribution in [0.15, 0.2) is 78.9 Å². The number of carboxylic acids is 1. The van der Waals surface area contributed by atoms with Gasteiger partial charge in [0.05, 0.1) is 17.8 Å². The molecule has 0 spiro atoms. The Morgan fingerprint density at radius 2 is 1.49 bits per heavy atom. The van der Waals surface area contributed by atoms with Gasteiger partial charge in [0.2, 0.25) is 0 Å². The Bertz CT molecular complexity index is 1100. The van der Waals surface area contributed by atoms with Crippen LogP contribution in [0, 0.1) is 5.92 Å². The second kappa shape index (κ2) is 11.8. The second-order valence-electron chi connectivity index (χ2n) is 9.21. The first kappa shape index (κ1) is 27.6. The molecule has 1 aliphatic heterocycles. The number of benzene rings is 3. The molecule has 0 radical (unpaired) electrons. The fraction of sp³-hybridized carbons (Fsp3) is 0.321. The van der Waals surface area contributed by atoms with Crippen molar-refractivity contribution in [2.24, 2.45) is 5.92 Å². The molecule has 3 aromatic carbocycles. The van der Waals surface area contributed by atoms with Gasteiger partial charge >= 0.3 is 5.97 Å². The first-order chi connectivity index (χ1) is 16.2. The number of halogens is 1. The van der Waals surface area contributed by atoms with E-state index in [-0.39, 0.29) is 33.3 Å². The molecule has 1 heterocycles. The van der Waals surface area contributed by atoms with Gasteiger partial charge in [0, 0.05) is 26.1 Å². The maximum Gasteiger partial charge on any atom is 0.335 e. The number of aliphatic hydroxyl groups excluding tert-OH is 1. The smallest absolute Gasteiger partial charge is 0.335 e. The van der Waals surface area contributed by atoms with Gasteiger partial charge in [-0.1, -0.05) is 66.2 Å². The van der Waals surface area contributed by atoms with Crippen molar-refractivity contribution >= 4 is 17.6 Å². The number of hydrogen-bond donors (Lipinski definition) is 2. The van der Waals surface area contributed by atoms with Crippen LogP contribution in [0.25, 0.3) is 11.1 Å². The first-order valence-electron chi connectivity index (χ1n) is 11.4. The molecule has 4 atom stereocenters. The van der Waals surface area contributed by atoms with E-state index in [1.54, 1.807) is 12.1 Å². The van der Waals surface area contributed by atoms with Gasteiger partial charge in [-0.2, -0.15) is 0 Å². The van der Waals surface area contributed by atoms with E-state index in [1.807, 2.05) is 80.6 Å². The van der Waals surface area contributed by atoms with Gasteiger partial charge in [0.25, 0.3) is 0 Å². The SMILES string of the molecule is CC1(C)OC2C(O)CC(Cc3ccc(Cl)cc3)C2O1.O=C(O)c1ccc(-c2ccccc2)cc1.[Pt]. The molecule has 4 unspecified atom stereocenters. The van der Waals surface area contributed by atoms with Crippen molar-refractivity contribution in [2.75, 3.05) is 0 Å². The maximum absolute atomic E-state index is 10.6. The van der Waals surface area contributed by atoms with Crippen LogP contribution in [0.4, 0.5) is 0 Å². The number of ether oxygens (including phenoxy) is 2. The molecule has 0 bridgehead atoms. The van der Waals surface area contributed by atoms with Crippen LogP contribution in [0.1, 0.15) is 36.2 Å². The summed E-state index contributed by atoms with van der Waals surface area (Å²) in [5, 5.41) is 19.6. The Morgan fingerprint density at radius 3 is 2.09 bits per heavy atom. The third-order valence-electron chi connectivity index (χ3n) is 6.20. The van der Waals surface area contributed by atoms with Crippen molar-refractivity contribution in [3.8, 4) is 11.1 Å². The summed E-state index contributed by atoms with van der Waals surface area (Å²) in [5.74, 6) is -1.19. The fourth-order valence-electron chi connectivity index (χ4n) is 4.62. The molecular weight excluding hydrogens is 647 g/mol. The molecule has 1 saturated heterocycles. The van der Waals surface area contributed by atoms with Crippen LogP contribution in [-0.4, -0.2) is 40.3 Å². The molecule has 1 saturated carbocycles. The van der Waals surface area contributed by atoms with Crippen LogP contribution >= 0.6 is 11.6 Å². The summed E-state index contributed by atoms with van der Waals surface area (Å²) in [5.41, 5.74) is 3.65.